The second-order valence-corrected chi connectivity index (χ2v) is 5.44. The monoisotopic (exact) mass is 303 g/mol. The summed E-state index contributed by atoms with van der Waals surface area (Å²) in [7, 11) is 0.557. The molecule has 3 nitrogen and oxygen atoms in total. The van der Waals surface area contributed by atoms with Crippen molar-refractivity contribution in [3.63, 3.8) is 0 Å². The SMILES string of the molecule is CN(c1ccc(B(O)O)cc1)c1ccc(-c2ccccc2)cc1. The number of rotatable bonds is 4. The molecule has 0 aliphatic carbocycles. The predicted molar refractivity (Wildman–Crippen MR) is 96.2 cm³/mol. The fourth-order valence-corrected chi connectivity index (χ4v) is 2.53. The van der Waals surface area contributed by atoms with Gasteiger partial charge in [0.25, 0.3) is 0 Å². The van der Waals surface area contributed by atoms with Crippen molar-refractivity contribution >= 4 is 24.0 Å². The van der Waals surface area contributed by atoms with Crippen LogP contribution in [0.5, 0.6) is 0 Å². The van der Waals surface area contributed by atoms with Crippen LogP contribution in [0.1, 0.15) is 0 Å². The number of nitrogens with zero attached hydrogens (tertiary/aromatic N) is 1. The molecule has 3 aromatic carbocycles. The van der Waals surface area contributed by atoms with Crippen LogP contribution in [0.25, 0.3) is 11.1 Å². The third-order valence-corrected chi connectivity index (χ3v) is 3.94. The summed E-state index contributed by atoms with van der Waals surface area (Å²) in [5.41, 5.74) is 4.93. The van der Waals surface area contributed by atoms with Crippen LogP contribution in [0.4, 0.5) is 11.4 Å². The van der Waals surface area contributed by atoms with Crippen molar-refractivity contribution in [3.8, 4) is 11.1 Å². The van der Waals surface area contributed by atoms with Crippen molar-refractivity contribution in [2.45, 2.75) is 0 Å². The molecular weight excluding hydrogens is 285 g/mol. The molecule has 0 fully saturated rings. The van der Waals surface area contributed by atoms with Crippen molar-refractivity contribution in [2.75, 3.05) is 11.9 Å². The van der Waals surface area contributed by atoms with Crippen LogP contribution in [0.15, 0.2) is 78.9 Å². The molecule has 0 saturated carbocycles. The first-order valence-corrected chi connectivity index (χ1v) is 7.50. The zero-order valence-corrected chi connectivity index (χ0v) is 12.9. The summed E-state index contributed by atoms with van der Waals surface area (Å²) in [6, 6.07) is 25.8. The van der Waals surface area contributed by atoms with E-state index in [2.05, 4.69) is 41.3 Å². The molecular formula is C19H18BNO2. The standard InChI is InChI=1S/C19H18BNO2/c1-21(19-13-9-17(10-14-19)20(22)23)18-11-7-16(8-12-18)15-5-3-2-4-6-15/h2-14,22-23H,1H3. The third kappa shape index (κ3) is 3.45. The van der Waals surface area contributed by atoms with Crippen molar-refractivity contribution < 1.29 is 10.0 Å². The lowest BCUT2D eigenvalue weighted by Crippen LogP contribution is -2.29. The summed E-state index contributed by atoms with van der Waals surface area (Å²) in [5, 5.41) is 18.3. The molecule has 0 heterocycles. The molecule has 0 radical (unpaired) electrons. The fraction of sp³-hybridized carbons (Fsp3) is 0.0526. The number of hydrogen-bond donors (Lipinski definition) is 2. The Balaban J connectivity index is 1.81. The Hall–Kier alpha value is -2.56. The highest BCUT2D eigenvalue weighted by Crippen LogP contribution is 2.26. The van der Waals surface area contributed by atoms with Crippen LogP contribution >= 0.6 is 0 Å². The molecule has 0 saturated heterocycles. The van der Waals surface area contributed by atoms with E-state index < -0.39 is 7.12 Å². The average molecular weight is 303 g/mol. The molecule has 2 N–H and O–H groups in total. The summed E-state index contributed by atoms with van der Waals surface area (Å²) < 4.78 is 0. The molecule has 23 heavy (non-hydrogen) atoms. The summed E-state index contributed by atoms with van der Waals surface area (Å²) in [6.07, 6.45) is 0. The van der Waals surface area contributed by atoms with Crippen molar-refractivity contribution in [2.24, 2.45) is 0 Å². The van der Waals surface area contributed by atoms with E-state index in [4.69, 9.17) is 10.0 Å². The molecule has 3 aromatic rings. The minimum Gasteiger partial charge on any atom is -0.423 e. The van der Waals surface area contributed by atoms with Gasteiger partial charge in [-0.15, -0.1) is 0 Å². The fourth-order valence-electron chi connectivity index (χ4n) is 2.53. The lowest BCUT2D eigenvalue weighted by Gasteiger charge is -2.20. The van der Waals surface area contributed by atoms with Gasteiger partial charge in [-0.3, -0.25) is 0 Å². The summed E-state index contributed by atoms with van der Waals surface area (Å²) in [5.74, 6) is 0. The van der Waals surface area contributed by atoms with Crippen LogP contribution in [0.2, 0.25) is 0 Å². The van der Waals surface area contributed by atoms with Crippen molar-refractivity contribution in [3.05, 3.63) is 78.9 Å². The highest BCUT2D eigenvalue weighted by molar-refractivity contribution is 6.58. The quantitative estimate of drug-likeness (QED) is 0.728. The molecule has 0 unspecified atom stereocenters. The van der Waals surface area contributed by atoms with Crippen molar-refractivity contribution in [1.82, 2.24) is 0 Å². The van der Waals surface area contributed by atoms with Gasteiger partial charge >= 0.3 is 7.12 Å². The Kier molecular flexibility index (Phi) is 4.46. The third-order valence-electron chi connectivity index (χ3n) is 3.94. The Labute approximate surface area is 136 Å². The maximum absolute atomic E-state index is 9.15. The predicted octanol–water partition coefficient (Wildman–Crippen LogP) is 2.80. The second-order valence-electron chi connectivity index (χ2n) is 5.44. The highest BCUT2D eigenvalue weighted by Gasteiger charge is 2.11. The van der Waals surface area contributed by atoms with Gasteiger partial charge in [0.2, 0.25) is 0 Å². The van der Waals surface area contributed by atoms with Gasteiger partial charge in [0.05, 0.1) is 0 Å². The van der Waals surface area contributed by atoms with Crippen LogP contribution in [0, 0.1) is 0 Å². The molecule has 0 aliphatic heterocycles. The molecule has 114 valence electrons. The molecule has 0 amide bonds. The minimum absolute atomic E-state index is 0.488. The number of hydrogen-bond acceptors (Lipinski definition) is 3. The Morgan fingerprint density at radius 3 is 1.65 bits per heavy atom. The Morgan fingerprint density at radius 2 is 1.13 bits per heavy atom. The van der Waals surface area contributed by atoms with E-state index in [0.717, 1.165) is 11.4 Å². The van der Waals surface area contributed by atoms with Gasteiger partial charge in [-0.2, -0.15) is 0 Å². The van der Waals surface area contributed by atoms with E-state index in [1.807, 2.05) is 37.4 Å². The smallest absolute Gasteiger partial charge is 0.423 e. The molecule has 0 aromatic heterocycles. The molecule has 0 bridgehead atoms. The summed E-state index contributed by atoms with van der Waals surface area (Å²) in [4.78, 5) is 2.06. The zero-order chi connectivity index (χ0) is 16.2. The first-order chi connectivity index (χ1) is 11.1. The van der Waals surface area contributed by atoms with Crippen LogP contribution in [-0.2, 0) is 0 Å². The van der Waals surface area contributed by atoms with Gasteiger partial charge in [-0.25, -0.2) is 0 Å². The van der Waals surface area contributed by atoms with Gasteiger partial charge in [0.15, 0.2) is 0 Å². The largest absolute Gasteiger partial charge is 0.488 e. The Morgan fingerprint density at radius 1 is 0.652 bits per heavy atom. The summed E-state index contributed by atoms with van der Waals surface area (Å²) in [6.45, 7) is 0. The molecule has 3 rings (SSSR count). The average Bonchev–Trinajstić information content (AvgIpc) is 2.62. The van der Waals surface area contributed by atoms with Crippen LogP contribution < -0.4 is 10.4 Å². The van der Waals surface area contributed by atoms with Gasteiger partial charge in [-0.1, -0.05) is 54.6 Å². The van der Waals surface area contributed by atoms with E-state index in [-0.39, 0.29) is 0 Å². The lowest BCUT2D eigenvalue weighted by atomic mass is 9.80. The highest BCUT2D eigenvalue weighted by atomic mass is 16.4. The molecule has 0 aliphatic rings. The molecule has 0 spiro atoms. The number of anilines is 2. The minimum atomic E-state index is -1.43. The van der Waals surface area contributed by atoms with Gasteiger partial charge in [0.1, 0.15) is 0 Å². The lowest BCUT2D eigenvalue weighted by molar-refractivity contribution is 0.426. The van der Waals surface area contributed by atoms with Crippen LogP contribution in [0.3, 0.4) is 0 Å². The van der Waals surface area contributed by atoms with Gasteiger partial charge in [-0.05, 0) is 40.9 Å². The topological polar surface area (TPSA) is 43.7 Å². The molecule has 4 heteroatoms. The second kappa shape index (κ2) is 6.69. The van der Waals surface area contributed by atoms with Gasteiger partial charge in [0, 0.05) is 18.4 Å². The molecule has 0 atom stereocenters. The van der Waals surface area contributed by atoms with Gasteiger partial charge < -0.3 is 14.9 Å². The maximum Gasteiger partial charge on any atom is 0.488 e. The first kappa shape index (κ1) is 15.3. The Bertz CT molecular complexity index is 756. The van der Waals surface area contributed by atoms with E-state index in [1.165, 1.54) is 11.1 Å². The first-order valence-electron chi connectivity index (χ1n) is 7.50. The van der Waals surface area contributed by atoms with E-state index in [9.17, 15) is 0 Å². The van der Waals surface area contributed by atoms with E-state index in [0.29, 0.717) is 5.46 Å². The van der Waals surface area contributed by atoms with E-state index >= 15 is 0 Å². The summed E-state index contributed by atoms with van der Waals surface area (Å²) >= 11 is 0. The number of benzene rings is 3. The maximum atomic E-state index is 9.15. The van der Waals surface area contributed by atoms with Crippen LogP contribution in [-0.4, -0.2) is 24.2 Å². The normalized spacial score (nSPS) is 10.4. The zero-order valence-electron chi connectivity index (χ0n) is 12.9. The van der Waals surface area contributed by atoms with E-state index in [1.54, 1.807) is 12.1 Å². The van der Waals surface area contributed by atoms with Crippen molar-refractivity contribution in [1.29, 1.82) is 0 Å².